The molecule has 1 unspecified atom stereocenters. The zero-order chi connectivity index (χ0) is 12.1. The second kappa shape index (κ2) is 6.25. The molecule has 0 radical (unpaired) electrons. The van der Waals surface area contributed by atoms with Gasteiger partial charge in [-0.2, -0.15) is 0 Å². The summed E-state index contributed by atoms with van der Waals surface area (Å²) in [5.41, 5.74) is 0. The van der Waals surface area contributed by atoms with Crippen molar-refractivity contribution >= 4 is 0 Å². The molecule has 0 saturated heterocycles. The Morgan fingerprint density at radius 1 is 1.12 bits per heavy atom. The molecule has 1 saturated carbocycles. The lowest BCUT2D eigenvalue weighted by Gasteiger charge is -2.27. The Labute approximate surface area is 105 Å². The topological polar surface area (TPSA) is 25.2 Å². The molecule has 0 aliphatic heterocycles. The molecule has 2 rings (SSSR count). The van der Waals surface area contributed by atoms with Crippen LogP contribution in [-0.4, -0.2) is 7.05 Å². The highest BCUT2D eigenvalue weighted by Crippen LogP contribution is 2.33. The average Bonchev–Trinajstić information content (AvgIpc) is 2.68. The molecule has 1 aliphatic rings. The molecule has 1 fully saturated rings. The number of rotatable bonds is 3. The smallest absolute Gasteiger partial charge is 0.121 e. The average molecular weight is 235 g/mol. The molecule has 0 amide bonds. The summed E-state index contributed by atoms with van der Waals surface area (Å²) in [5, 5.41) is 3.46. The summed E-state index contributed by atoms with van der Waals surface area (Å²) in [6.45, 7) is 2.02. The van der Waals surface area contributed by atoms with E-state index in [2.05, 4.69) is 24.5 Å². The Morgan fingerprint density at radius 3 is 2.29 bits per heavy atom. The summed E-state index contributed by atoms with van der Waals surface area (Å²) in [6, 6.07) is 4.61. The van der Waals surface area contributed by atoms with Crippen LogP contribution < -0.4 is 5.32 Å². The van der Waals surface area contributed by atoms with Gasteiger partial charge in [0.1, 0.15) is 11.5 Å². The van der Waals surface area contributed by atoms with E-state index in [0.29, 0.717) is 6.04 Å². The van der Waals surface area contributed by atoms with Crippen LogP contribution >= 0.6 is 0 Å². The Kier molecular flexibility index (Phi) is 4.66. The summed E-state index contributed by atoms with van der Waals surface area (Å²) in [4.78, 5) is 0. The van der Waals surface area contributed by atoms with Gasteiger partial charge in [0.2, 0.25) is 0 Å². The Hall–Kier alpha value is -0.760. The van der Waals surface area contributed by atoms with Gasteiger partial charge in [0.05, 0.1) is 6.04 Å². The van der Waals surface area contributed by atoms with E-state index in [0.717, 1.165) is 17.4 Å². The van der Waals surface area contributed by atoms with Crippen LogP contribution in [0.3, 0.4) is 0 Å². The normalized spacial score (nSPS) is 20.8. The van der Waals surface area contributed by atoms with Gasteiger partial charge >= 0.3 is 0 Å². The fourth-order valence-corrected chi connectivity index (χ4v) is 3.05. The maximum absolute atomic E-state index is 5.80. The standard InChI is InChI=1S/C15H25NO/c1-12-10-11-14(17-12)15(16-2)13-8-6-4-3-5-7-9-13/h10-11,13,15-16H,3-9H2,1-2H3. The summed E-state index contributed by atoms with van der Waals surface area (Å²) in [6.07, 6.45) is 9.67. The first-order chi connectivity index (χ1) is 8.31. The van der Waals surface area contributed by atoms with E-state index < -0.39 is 0 Å². The maximum Gasteiger partial charge on any atom is 0.121 e. The second-order valence-electron chi connectivity index (χ2n) is 5.32. The van der Waals surface area contributed by atoms with E-state index in [1.54, 1.807) is 0 Å². The Bertz CT molecular complexity index is 323. The molecule has 2 nitrogen and oxygen atoms in total. The third-order valence-electron chi connectivity index (χ3n) is 4.00. The maximum atomic E-state index is 5.80. The van der Waals surface area contributed by atoms with Crippen molar-refractivity contribution in [2.24, 2.45) is 5.92 Å². The van der Waals surface area contributed by atoms with Crippen molar-refractivity contribution in [1.29, 1.82) is 0 Å². The summed E-state index contributed by atoms with van der Waals surface area (Å²) in [7, 11) is 2.06. The molecule has 1 aromatic heterocycles. The molecule has 1 atom stereocenters. The van der Waals surface area contributed by atoms with Crippen molar-refractivity contribution in [3.63, 3.8) is 0 Å². The van der Waals surface area contributed by atoms with Crippen molar-refractivity contribution in [3.05, 3.63) is 23.7 Å². The zero-order valence-electron chi connectivity index (χ0n) is 11.2. The lowest BCUT2D eigenvalue weighted by molar-refractivity contribution is 0.266. The molecule has 17 heavy (non-hydrogen) atoms. The molecule has 1 N–H and O–H groups in total. The quantitative estimate of drug-likeness (QED) is 0.849. The lowest BCUT2D eigenvalue weighted by Crippen LogP contribution is -2.25. The van der Waals surface area contributed by atoms with Crippen molar-refractivity contribution in [2.45, 2.75) is 57.9 Å². The second-order valence-corrected chi connectivity index (χ2v) is 5.32. The zero-order valence-corrected chi connectivity index (χ0v) is 11.2. The van der Waals surface area contributed by atoms with E-state index in [4.69, 9.17) is 4.42 Å². The lowest BCUT2D eigenvalue weighted by atomic mass is 9.85. The molecule has 0 spiro atoms. The summed E-state index contributed by atoms with van der Waals surface area (Å²) >= 11 is 0. The van der Waals surface area contributed by atoms with Crippen LogP contribution in [0.4, 0.5) is 0 Å². The number of aryl methyl sites for hydroxylation is 1. The van der Waals surface area contributed by atoms with Gasteiger partial charge in [-0.05, 0) is 44.9 Å². The van der Waals surface area contributed by atoms with Gasteiger partial charge in [-0.15, -0.1) is 0 Å². The van der Waals surface area contributed by atoms with Gasteiger partial charge in [-0.25, -0.2) is 0 Å². The molecule has 0 aromatic carbocycles. The van der Waals surface area contributed by atoms with Crippen LogP contribution in [-0.2, 0) is 0 Å². The van der Waals surface area contributed by atoms with Gasteiger partial charge in [-0.1, -0.05) is 32.1 Å². The van der Waals surface area contributed by atoms with Crippen LogP contribution in [0.5, 0.6) is 0 Å². The molecular formula is C15H25NO. The molecule has 96 valence electrons. The van der Waals surface area contributed by atoms with Crippen molar-refractivity contribution in [2.75, 3.05) is 7.05 Å². The van der Waals surface area contributed by atoms with Crippen LogP contribution in [0.1, 0.15) is 62.5 Å². The molecule has 1 heterocycles. The summed E-state index contributed by atoms with van der Waals surface area (Å²) in [5.74, 6) is 2.88. The van der Waals surface area contributed by atoms with E-state index in [1.807, 2.05) is 6.92 Å². The van der Waals surface area contributed by atoms with Gasteiger partial charge in [0, 0.05) is 0 Å². The largest absolute Gasteiger partial charge is 0.465 e. The first-order valence-electron chi connectivity index (χ1n) is 7.05. The van der Waals surface area contributed by atoms with Gasteiger partial charge in [-0.3, -0.25) is 0 Å². The number of hydrogen-bond acceptors (Lipinski definition) is 2. The summed E-state index contributed by atoms with van der Waals surface area (Å²) < 4.78 is 5.80. The van der Waals surface area contributed by atoms with Gasteiger partial charge in [0.25, 0.3) is 0 Å². The molecule has 0 bridgehead atoms. The third-order valence-corrected chi connectivity index (χ3v) is 4.00. The Balaban J connectivity index is 2.05. The number of hydrogen-bond donors (Lipinski definition) is 1. The van der Waals surface area contributed by atoms with E-state index >= 15 is 0 Å². The number of furan rings is 1. The predicted molar refractivity (Wildman–Crippen MR) is 71.1 cm³/mol. The third kappa shape index (κ3) is 3.35. The van der Waals surface area contributed by atoms with E-state index in [9.17, 15) is 0 Å². The van der Waals surface area contributed by atoms with Crippen molar-refractivity contribution < 1.29 is 4.42 Å². The minimum absolute atomic E-state index is 0.404. The van der Waals surface area contributed by atoms with Crippen LogP contribution in [0.15, 0.2) is 16.5 Å². The molecule has 2 heteroatoms. The van der Waals surface area contributed by atoms with Crippen LogP contribution in [0.2, 0.25) is 0 Å². The van der Waals surface area contributed by atoms with Crippen molar-refractivity contribution in [3.8, 4) is 0 Å². The predicted octanol–water partition coefficient (Wildman–Crippen LogP) is 4.21. The van der Waals surface area contributed by atoms with Gasteiger partial charge in [0.15, 0.2) is 0 Å². The fraction of sp³-hybridized carbons (Fsp3) is 0.733. The van der Waals surface area contributed by atoms with Crippen LogP contribution in [0, 0.1) is 12.8 Å². The van der Waals surface area contributed by atoms with E-state index in [-0.39, 0.29) is 0 Å². The monoisotopic (exact) mass is 235 g/mol. The highest BCUT2D eigenvalue weighted by molar-refractivity contribution is 5.10. The Morgan fingerprint density at radius 2 is 1.76 bits per heavy atom. The minimum Gasteiger partial charge on any atom is -0.465 e. The van der Waals surface area contributed by atoms with Crippen LogP contribution in [0.25, 0.3) is 0 Å². The highest BCUT2D eigenvalue weighted by Gasteiger charge is 2.24. The molecule has 1 aliphatic carbocycles. The molecular weight excluding hydrogens is 210 g/mol. The molecule has 1 aromatic rings. The van der Waals surface area contributed by atoms with Crippen molar-refractivity contribution in [1.82, 2.24) is 5.32 Å². The fourth-order valence-electron chi connectivity index (χ4n) is 3.05. The SMILES string of the molecule is CNC(c1ccc(C)o1)C1CCCCCCC1. The first kappa shape index (κ1) is 12.7. The van der Waals surface area contributed by atoms with E-state index in [1.165, 1.54) is 44.9 Å². The highest BCUT2D eigenvalue weighted by atomic mass is 16.3. The first-order valence-corrected chi connectivity index (χ1v) is 7.05. The number of nitrogens with one attached hydrogen (secondary N) is 1. The van der Waals surface area contributed by atoms with Gasteiger partial charge < -0.3 is 9.73 Å². The minimum atomic E-state index is 0.404.